The van der Waals surface area contributed by atoms with E-state index in [2.05, 4.69) is 5.32 Å². The molecule has 11 heteroatoms. The van der Waals surface area contributed by atoms with Crippen LogP contribution in [0.2, 0.25) is 10.0 Å². The largest absolute Gasteiger partial charge is 0.355 e. The standard InChI is InChI=1S/C33H32Cl2FN3O4S/c1-3-37-33(41)31(19-24-9-5-4-6-10-24)38(21-25-15-16-26(34)20-28(25)35)32(40)22-39(30-12-8-7-11-29(30)36)44(42,43)27-17-13-23(2)14-18-27/h4-18,20,31H,3,19,21-22H2,1-2H3,(H,37,41). The van der Waals surface area contributed by atoms with E-state index in [-0.39, 0.29) is 28.6 Å². The summed E-state index contributed by atoms with van der Waals surface area (Å²) in [5, 5.41) is 3.44. The van der Waals surface area contributed by atoms with Crippen LogP contribution in [-0.2, 0) is 32.6 Å². The van der Waals surface area contributed by atoms with E-state index in [4.69, 9.17) is 23.2 Å². The number of rotatable bonds is 12. The highest BCUT2D eigenvalue weighted by Gasteiger charge is 2.35. The van der Waals surface area contributed by atoms with Gasteiger partial charge < -0.3 is 10.2 Å². The van der Waals surface area contributed by atoms with E-state index in [0.717, 1.165) is 21.5 Å². The first-order chi connectivity index (χ1) is 21.0. The number of likely N-dealkylation sites (N-methyl/N-ethyl adjacent to an activating group) is 1. The van der Waals surface area contributed by atoms with Crippen LogP contribution in [0.1, 0.15) is 23.6 Å². The Hall–Kier alpha value is -3.92. The zero-order valence-electron chi connectivity index (χ0n) is 24.2. The van der Waals surface area contributed by atoms with Gasteiger partial charge in [-0.05, 0) is 61.4 Å². The second-order valence-electron chi connectivity index (χ2n) is 10.1. The minimum Gasteiger partial charge on any atom is -0.355 e. The van der Waals surface area contributed by atoms with Gasteiger partial charge in [-0.25, -0.2) is 12.8 Å². The van der Waals surface area contributed by atoms with Gasteiger partial charge in [0.25, 0.3) is 10.0 Å². The van der Waals surface area contributed by atoms with Gasteiger partial charge in [0.05, 0.1) is 10.6 Å². The van der Waals surface area contributed by atoms with Crippen molar-refractivity contribution in [2.24, 2.45) is 0 Å². The minimum atomic E-state index is -4.42. The molecule has 7 nitrogen and oxygen atoms in total. The van der Waals surface area contributed by atoms with Crippen LogP contribution in [0.15, 0.2) is 102 Å². The second kappa shape index (κ2) is 14.7. The van der Waals surface area contributed by atoms with Crippen LogP contribution in [-0.4, -0.2) is 44.3 Å². The van der Waals surface area contributed by atoms with Crippen molar-refractivity contribution in [2.45, 2.75) is 37.8 Å². The summed E-state index contributed by atoms with van der Waals surface area (Å²) in [6.07, 6.45) is 0.133. The lowest BCUT2D eigenvalue weighted by atomic mass is 10.0. The van der Waals surface area contributed by atoms with Crippen molar-refractivity contribution in [3.05, 3.63) is 130 Å². The third kappa shape index (κ3) is 7.96. The average molecular weight is 657 g/mol. The molecule has 1 unspecified atom stereocenters. The van der Waals surface area contributed by atoms with Gasteiger partial charge in [0, 0.05) is 29.6 Å². The molecule has 0 fully saturated rings. The Labute approximate surface area is 267 Å². The molecule has 4 rings (SSSR count). The number of anilines is 1. The number of amides is 2. The maximum absolute atomic E-state index is 15.2. The van der Waals surface area contributed by atoms with Gasteiger partial charge in [-0.2, -0.15) is 0 Å². The summed E-state index contributed by atoms with van der Waals surface area (Å²) in [6, 6.07) is 24.2. The van der Waals surface area contributed by atoms with Gasteiger partial charge in [-0.15, -0.1) is 0 Å². The first kappa shape index (κ1) is 33.0. The predicted octanol–water partition coefficient (Wildman–Crippen LogP) is 6.41. The van der Waals surface area contributed by atoms with Gasteiger partial charge in [-0.1, -0.05) is 89.4 Å². The molecule has 0 aliphatic carbocycles. The summed E-state index contributed by atoms with van der Waals surface area (Å²) < 4.78 is 43.9. The Balaban J connectivity index is 1.82. The molecule has 0 saturated heterocycles. The molecule has 0 saturated carbocycles. The van der Waals surface area contributed by atoms with E-state index in [1.165, 1.54) is 41.3 Å². The molecule has 0 aliphatic heterocycles. The minimum absolute atomic E-state index is 0.115. The molecule has 1 N–H and O–H groups in total. The van der Waals surface area contributed by atoms with E-state index in [9.17, 15) is 18.0 Å². The number of halogens is 3. The lowest BCUT2D eigenvalue weighted by Gasteiger charge is -2.34. The topological polar surface area (TPSA) is 86.8 Å². The molecule has 0 bridgehead atoms. The maximum atomic E-state index is 15.2. The number of benzene rings is 4. The Morgan fingerprint density at radius 3 is 2.20 bits per heavy atom. The summed E-state index contributed by atoms with van der Waals surface area (Å²) in [5.41, 5.74) is 1.80. The van der Waals surface area contributed by atoms with Crippen LogP contribution in [0.3, 0.4) is 0 Å². The molecule has 4 aromatic carbocycles. The second-order valence-corrected chi connectivity index (χ2v) is 12.8. The highest BCUT2D eigenvalue weighted by Crippen LogP contribution is 2.28. The van der Waals surface area contributed by atoms with Crippen molar-refractivity contribution in [1.29, 1.82) is 0 Å². The summed E-state index contributed by atoms with van der Waals surface area (Å²) in [4.78, 5) is 29.0. The number of para-hydroxylation sites is 1. The first-order valence-electron chi connectivity index (χ1n) is 13.9. The zero-order chi connectivity index (χ0) is 31.9. The van der Waals surface area contributed by atoms with Gasteiger partial charge in [0.1, 0.15) is 18.4 Å². The molecule has 0 heterocycles. The van der Waals surface area contributed by atoms with Crippen LogP contribution in [0.5, 0.6) is 0 Å². The van der Waals surface area contributed by atoms with E-state index >= 15 is 4.39 Å². The molecule has 0 aromatic heterocycles. The Morgan fingerprint density at radius 1 is 0.909 bits per heavy atom. The smallest absolute Gasteiger partial charge is 0.264 e. The average Bonchev–Trinajstić information content (AvgIpc) is 3.00. The fraction of sp³-hybridized carbons (Fsp3) is 0.212. The molecule has 44 heavy (non-hydrogen) atoms. The monoisotopic (exact) mass is 655 g/mol. The lowest BCUT2D eigenvalue weighted by Crippen LogP contribution is -2.53. The molecular weight excluding hydrogens is 624 g/mol. The molecule has 4 aromatic rings. The highest BCUT2D eigenvalue weighted by molar-refractivity contribution is 7.92. The quantitative estimate of drug-likeness (QED) is 0.191. The third-order valence-corrected chi connectivity index (χ3v) is 9.35. The maximum Gasteiger partial charge on any atom is 0.264 e. The molecule has 0 radical (unpaired) electrons. The predicted molar refractivity (Wildman–Crippen MR) is 172 cm³/mol. The van der Waals surface area contributed by atoms with E-state index in [1.807, 2.05) is 37.3 Å². The number of nitrogens with zero attached hydrogens (tertiary/aromatic N) is 2. The number of hydrogen-bond donors (Lipinski definition) is 1. The zero-order valence-corrected chi connectivity index (χ0v) is 26.5. The number of sulfonamides is 1. The van der Waals surface area contributed by atoms with Gasteiger partial charge in [0.15, 0.2) is 0 Å². The summed E-state index contributed by atoms with van der Waals surface area (Å²) >= 11 is 12.6. The Kier molecular flexibility index (Phi) is 11.0. The number of carbonyl (C=O) groups is 2. The van der Waals surface area contributed by atoms with Gasteiger partial charge >= 0.3 is 0 Å². The Morgan fingerprint density at radius 2 is 1.57 bits per heavy atom. The van der Waals surface area contributed by atoms with Crippen molar-refractivity contribution >= 4 is 50.7 Å². The van der Waals surface area contributed by atoms with Crippen LogP contribution >= 0.6 is 23.2 Å². The van der Waals surface area contributed by atoms with Gasteiger partial charge in [0.2, 0.25) is 11.8 Å². The fourth-order valence-electron chi connectivity index (χ4n) is 4.68. The van der Waals surface area contributed by atoms with Crippen molar-refractivity contribution in [3.8, 4) is 0 Å². The Bertz CT molecular complexity index is 1720. The summed E-state index contributed by atoms with van der Waals surface area (Å²) in [6.45, 7) is 2.94. The fourth-order valence-corrected chi connectivity index (χ4v) is 6.57. The van der Waals surface area contributed by atoms with Gasteiger partial charge in [-0.3, -0.25) is 13.9 Å². The molecule has 2 amide bonds. The highest BCUT2D eigenvalue weighted by atomic mass is 35.5. The molecule has 230 valence electrons. The number of aryl methyl sites for hydroxylation is 1. The number of nitrogens with one attached hydrogen (secondary N) is 1. The van der Waals surface area contributed by atoms with E-state index < -0.39 is 40.2 Å². The van der Waals surface area contributed by atoms with E-state index in [1.54, 1.807) is 31.2 Å². The van der Waals surface area contributed by atoms with E-state index in [0.29, 0.717) is 17.1 Å². The van der Waals surface area contributed by atoms with Crippen LogP contribution in [0.4, 0.5) is 10.1 Å². The van der Waals surface area contributed by atoms with Crippen molar-refractivity contribution in [2.75, 3.05) is 17.4 Å². The molecular formula is C33H32Cl2FN3O4S. The van der Waals surface area contributed by atoms with Crippen molar-refractivity contribution in [3.63, 3.8) is 0 Å². The SMILES string of the molecule is CCNC(=O)C(Cc1ccccc1)N(Cc1ccc(Cl)cc1Cl)C(=O)CN(c1ccccc1F)S(=O)(=O)c1ccc(C)cc1. The number of hydrogen-bond acceptors (Lipinski definition) is 4. The van der Waals surface area contributed by atoms with Crippen LogP contribution < -0.4 is 9.62 Å². The van der Waals surface area contributed by atoms with Crippen molar-refractivity contribution < 1.29 is 22.4 Å². The lowest BCUT2D eigenvalue weighted by molar-refractivity contribution is -0.140. The van der Waals surface area contributed by atoms with Crippen LogP contribution in [0, 0.1) is 12.7 Å². The molecule has 0 aliphatic rings. The normalized spacial score (nSPS) is 11.9. The first-order valence-corrected chi connectivity index (χ1v) is 16.1. The molecule has 0 spiro atoms. The van der Waals surface area contributed by atoms with Crippen molar-refractivity contribution in [1.82, 2.24) is 10.2 Å². The summed E-state index contributed by atoms with van der Waals surface area (Å²) in [5.74, 6) is -2.00. The van der Waals surface area contributed by atoms with Crippen LogP contribution in [0.25, 0.3) is 0 Å². The molecule has 1 atom stereocenters. The number of carbonyl (C=O) groups excluding carboxylic acids is 2. The summed E-state index contributed by atoms with van der Waals surface area (Å²) in [7, 11) is -4.42. The third-order valence-electron chi connectivity index (χ3n) is 6.99.